The molecule has 1 aromatic rings. The summed E-state index contributed by atoms with van der Waals surface area (Å²) in [6.07, 6.45) is 0. The predicted octanol–water partition coefficient (Wildman–Crippen LogP) is 3.17. The van der Waals surface area contributed by atoms with Crippen LogP contribution in [-0.2, 0) is 10.9 Å². The third-order valence-corrected chi connectivity index (χ3v) is 5.36. The van der Waals surface area contributed by atoms with E-state index in [-0.39, 0.29) is 0 Å². The van der Waals surface area contributed by atoms with Crippen LogP contribution in [0.1, 0.15) is 20.8 Å². The SMILES string of the molecule is CCN(CC[S+](CC)CC)c1ccccc1. The van der Waals surface area contributed by atoms with Crippen molar-refractivity contribution in [2.45, 2.75) is 20.8 Å². The van der Waals surface area contributed by atoms with Crippen LogP contribution in [0.25, 0.3) is 0 Å². The summed E-state index contributed by atoms with van der Waals surface area (Å²) in [5.41, 5.74) is 1.36. The first kappa shape index (κ1) is 13.4. The van der Waals surface area contributed by atoms with Crippen LogP contribution in [0.5, 0.6) is 0 Å². The molecule has 1 rings (SSSR count). The maximum atomic E-state index is 2.48. The maximum absolute atomic E-state index is 2.48. The highest BCUT2D eigenvalue weighted by atomic mass is 32.2. The molecule has 1 aromatic carbocycles. The van der Waals surface area contributed by atoms with Crippen LogP contribution in [0.3, 0.4) is 0 Å². The van der Waals surface area contributed by atoms with E-state index in [0.29, 0.717) is 10.9 Å². The lowest BCUT2D eigenvalue weighted by Gasteiger charge is -2.22. The van der Waals surface area contributed by atoms with Gasteiger partial charge in [0, 0.05) is 12.2 Å². The number of anilines is 1. The minimum absolute atomic E-state index is 0.624. The Morgan fingerprint density at radius 1 is 1.00 bits per heavy atom. The topological polar surface area (TPSA) is 3.24 Å². The monoisotopic (exact) mass is 238 g/mol. The van der Waals surface area contributed by atoms with Crippen molar-refractivity contribution in [2.75, 3.05) is 35.2 Å². The van der Waals surface area contributed by atoms with Crippen molar-refractivity contribution >= 4 is 16.6 Å². The van der Waals surface area contributed by atoms with E-state index < -0.39 is 0 Å². The molecule has 0 unspecified atom stereocenters. The highest BCUT2D eigenvalue weighted by molar-refractivity contribution is 7.96. The molecule has 0 amide bonds. The maximum Gasteiger partial charge on any atom is 0.125 e. The summed E-state index contributed by atoms with van der Waals surface area (Å²) in [6.45, 7) is 9.17. The van der Waals surface area contributed by atoms with E-state index in [4.69, 9.17) is 0 Å². The number of rotatable bonds is 7. The Balaban J connectivity index is 2.50. The Morgan fingerprint density at radius 2 is 1.62 bits per heavy atom. The number of hydrogen-bond acceptors (Lipinski definition) is 1. The Hall–Kier alpha value is -0.630. The lowest BCUT2D eigenvalue weighted by molar-refractivity contribution is 0.870. The fraction of sp³-hybridized carbons (Fsp3) is 0.571. The molecule has 2 heteroatoms. The number of para-hydroxylation sites is 1. The summed E-state index contributed by atoms with van der Waals surface area (Å²) in [5.74, 6) is 4.02. The fourth-order valence-electron chi connectivity index (χ4n) is 1.84. The first-order valence-electron chi connectivity index (χ1n) is 6.25. The molecule has 0 fully saturated rings. The van der Waals surface area contributed by atoms with Crippen LogP contribution in [0.15, 0.2) is 30.3 Å². The van der Waals surface area contributed by atoms with Gasteiger partial charge in [0.25, 0.3) is 0 Å². The van der Waals surface area contributed by atoms with Gasteiger partial charge in [-0.3, -0.25) is 0 Å². The van der Waals surface area contributed by atoms with E-state index >= 15 is 0 Å². The Kier molecular flexibility index (Phi) is 6.39. The second kappa shape index (κ2) is 7.61. The molecule has 0 spiro atoms. The summed E-state index contributed by atoms with van der Waals surface area (Å²) >= 11 is 0. The minimum Gasteiger partial charge on any atom is -0.367 e. The van der Waals surface area contributed by atoms with Crippen LogP contribution >= 0.6 is 0 Å². The molecule has 90 valence electrons. The molecule has 0 aromatic heterocycles. The molecule has 16 heavy (non-hydrogen) atoms. The van der Waals surface area contributed by atoms with Gasteiger partial charge in [0.05, 0.1) is 6.54 Å². The van der Waals surface area contributed by atoms with Gasteiger partial charge in [0.1, 0.15) is 17.3 Å². The molecule has 0 heterocycles. The third kappa shape index (κ3) is 4.09. The van der Waals surface area contributed by atoms with Gasteiger partial charge in [-0.15, -0.1) is 0 Å². The Morgan fingerprint density at radius 3 is 2.12 bits per heavy atom. The molecule has 0 N–H and O–H groups in total. The van der Waals surface area contributed by atoms with Gasteiger partial charge >= 0.3 is 0 Å². The predicted molar refractivity (Wildman–Crippen MR) is 77.6 cm³/mol. The molecule has 0 aliphatic carbocycles. The molecule has 0 saturated heterocycles. The quantitative estimate of drug-likeness (QED) is 0.660. The summed E-state index contributed by atoms with van der Waals surface area (Å²) in [7, 11) is 0.624. The normalized spacial score (nSPS) is 10.8. The zero-order valence-electron chi connectivity index (χ0n) is 10.8. The average molecular weight is 238 g/mol. The first-order chi connectivity index (χ1) is 7.81. The highest BCUT2D eigenvalue weighted by Gasteiger charge is 2.14. The van der Waals surface area contributed by atoms with Crippen LogP contribution < -0.4 is 4.90 Å². The van der Waals surface area contributed by atoms with Crippen molar-refractivity contribution in [3.8, 4) is 0 Å². The molecule has 0 aliphatic rings. The van der Waals surface area contributed by atoms with E-state index in [2.05, 4.69) is 56.0 Å². The van der Waals surface area contributed by atoms with Crippen LogP contribution in [-0.4, -0.2) is 30.3 Å². The van der Waals surface area contributed by atoms with E-state index in [1.807, 2.05) is 0 Å². The first-order valence-corrected chi connectivity index (χ1v) is 7.99. The molecule has 0 radical (unpaired) electrons. The van der Waals surface area contributed by atoms with E-state index in [0.717, 1.165) is 6.54 Å². The smallest absolute Gasteiger partial charge is 0.125 e. The molecule has 0 atom stereocenters. The van der Waals surface area contributed by atoms with E-state index in [1.54, 1.807) is 0 Å². The van der Waals surface area contributed by atoms with Gasteiger partial charge in [-0.05, 0) is 43.8 Å². The Bertz CT molecular complexity index is 269. The lowest BCUT2D eigenvalue weighted by Crippen LogP contribution is -2.30. The average Bonchev–Trinajstić information content (AvgIpc) is 2.36. The zero-order chi connectivity index (χ0) is 11.8. The lowest BCUT2D eigenvalue weighted by atomic mass is 10.3. The summed E-state index contributed by atoms with van der Waals surface area (Å²) in [6, 6.07) is 10.7. The van der Waals surface area contributed by atoms with Crippen LogP contribution in [0, 0.1) is 0 Å². The van der Waals surface area contributed by atoms with Gasteiger partial charge in [-0.2, -0.15) is 0 Å². The van der Waals surface area contributed by atoms with E-state index in [9.17, 15) is 0 Å². The van der Waals surface area contributed by atoms with Gasteiger partial charge in [0.2, 0.25) is 0 Å². The molecule has 0 aliphatic heterocycles. The molecular formula is C14H24NS+. The van der Waals surface area contributed by atoms with Crippen LogP contribution in [0.2, 0.25) is 0 Å². The van der Waals surface area contributed by atoms with Crippen molar-refractivity contribution in [1.82, 2.24) is 0 Å². The van der Waals surface area contributed by atoms with Crippen LogP contribution in [0.4, 0.5) is 5.69 Å². The second-order valence-corrected chi connectivity index (χ2v) is 6.60. The fourth-order valence-corrected chi connectivity index (χ4v) is 3.30. The molecule has 1 nitrogen and oxygen atoms in total. The molecule has 0 bridgehead atoms. The zero-order valence-corrected chi connectivity index (χ0v) is 11.6. The minimum atomic E-state index is 0.624. The van der Waals surface area contributed by atoms with Crippen molar-refractivity contribution < 1.29 is 0 Å². The molecule has 0 saturated carbocycles. The number of nitrogens with zero attached hydrogens (tertiary/aromatic N) is 1. The van der Waals surface area contributed by atoms with Crippen molar-refractivity contribution in [3.63, 3.8) is 0 Å². The largest absolute Gasteiger partial charge is 0.367 e. The molecular weight excluding hydrogens is 214 g/mol. The van der Waals surface area contributed by atoms with Crippen molar-refractivity contribution in [2.24, 2.45) is 0 Å². The second-order valence-electron chi connectivity index (χ2n) is 3.81. The highest BCUT2D eigenvalue weighted by Crippen LogP contribution is 2.13. The van der Waals surface area contributed by atoms with Crippen molar-refractivity contribution in [3.05, 3.63) is 30.3 Å². The van der Waals surface area contributed by atoms with Crippen molar-refractivity contribution in [1.29, 1.82) is 0 Å². The third-order valence-electron chi connectivity index (χ3n) is 2.97. The summed E-state index contributed by atoms with van der Waals surface area (Å²) in [5, 5.41) is 0. The number of hydrogen-bond donors (Lipinski definition) is 0. The van der Waals surface area contributed by atoms with E-state index in [1.165, 1.54) is 29.5 Å². The van der Waals surface area contributed by atoms with Gasteiger partial charge in [-0.25, -0.2) is 0 Å². The summed E-state index contributed by atoms with van der Waals surface area (Å²) in [4.78, 5) is 2.48. The summed E-state index contributed by atoms with van der Waals surface area (Å²) < 4.78 is 0. The van der Waals surface area contributed by atoms with Gasteiger partial charge in [-0.1, -0.05) is 18.2 Å². The standard InChI is InChI=1S/C14H24NS/c1-4-15(12-13-16(5-2)6-3)14-10-8-7-9-11-14/h7-11H,4-6,12-13H2,1-3H3/q+1. The van der Waals surface area contributed by atoms with Gasteiger partial charge in [0.15, 0.2) is 0 Å². The Labute approximate surface area is 103 Å². The van der Waals surface area contributed by atoms with Gasteiger partial charge < -0.3 is 4.90 Å². The number of benzene rings is 1.